The summed E-state index contributed by atoms with van der Waals surface area (Å²) in [5.74, 6) is -2.95. The zero-order valence-electron chi connectivity index (χ0n) is 18.7. The number of amides is 1. The number of hydrogen-bond acceptors (Lipinski definition) is 7. The third-order valence-corrected chi connectivity index (χ3v) is 6.12. The number of carbonyl (C=O) groups is 1. The van der Waals surface area contributed by atoms with Crippen molar-refractivity contribution in [1.82, 2.24) is 29.4 Å². The van der Waals surface area contributed by atoms with E-state index in [0.717, 1.165) is 24.5 Å². The molecule has 0 aromatic carbocycles. The van der Waals surface area contributed by atoms with Crippen LogP contribution in [0, 0.1) is 17.3 Å². The second kappa shape index (κ2) is 8.80. The monoisotopic (exact) mass is 518 g/mol. The zero-order chi connectivity index (χ0) is 26.5. The van der Waals surface area contributed by atoms with Crippen LogP contribution in [0.2, 0.25) is 0 Å². The molecule has 190 valence electrons. The van der Waals surface area contributed by atoms with Crippen molar-refractivity contribution in [2.75, 3.05) is 5.32 Å². The number of nitrogens with zero attached hydrogens (tertiary/aromatic N) is 7. The van der Waals surface area contributed by atoms with E-state index < -0.39 is 42.2 Å². The minimum Gasteiger partial charge on any atom is -0.415 e. The topological polar surface area (TPSA) is 123 Å². The molecule has 0 saturated heterocycles. The molecule has 1 N–H and O–H groups in total. The van der Waals surface area contributed by atoms with Crippen molar-refractivity contribution in [1.29, 1.82) is 5.26 Å². The summed E-state index contributed by atoms with van der Waals surface area (Å²) in [6.07, 6.45) is 3.55. The predicted octanol–water partition coefficient (Wildman–Crippen LogP) is 3.76. The summed E-state index contributed by atoms with van der Waals surface area (Å²) in [5.41, 5.74) is -0.403. The standard InChI is InChI=1S/C22H15F5N8O2/c1-22(14-2-3-34(32-14)20(24)25)6-12(13-9-29-16-5-15(23)33-35(16)17(13)22)18(36)31-11-4-10(7-28)19(30-8-11)37-21(26)27/h2-5,8-9,12,20-21H,6H2,1H3,(H,31,36)/t12-,22+/m0/s1. The summed E-state index contributed by atoms with van der Waals surface area (Å²) in [6.45, 7) is -4.42. The average Bonchev–Trinajstić information content (AvgIpc) is 3.55. The molecule has 0 fully saturated rings. The molecule has 5 rings (SSSR count). The van der Waals surface area contributed by atoms with Crippen molar-refractivity contribution >= 4 is 17.2 Å². The van der Waals surface area contributed by atoms with Gasteiger partial charge in [0.25, 0.3) is 0 Å². The Morgan fingerprint density at radius 3 is 2.70 bits per heavy atom. The van der Waals surface area contributed by atoms with Crippen LogP contribution in [0.5, 0.6) is 5.88 Å². The first-order valence-corrected chi connectivity index (χ1v) is 10.6. The van der Waals surface area contributed by atoms with Crippen LogP contribution in [0.3, 0.4) is 0 Å². The van der Waals surface area contributed by atoms with Crippen molar-refractivity contribution in [2.24, 2.45) is 0 Å². The minimum atomic E-state index is -3.20. The number of alkyl halides is 4. The highest BCUT2D eigenvalue weighted by Gasteiger charge is 2.48. The van der Waals surface area contributed by atoms with E-state index >= 15 is 0 Å². The normalized spacial score (nSPS) is 18.8. The van der Waals surface area contributed by atoms with Crippen LogP contribution in [0.4, 0.5) is 27.6 Å². The Morgan fingerprint density at radius 1 is 1.24 bits per heavy atom. The first kappa shape index (κ1) is 24.1. The van der Waals surface area contributed by atoms with Gasteiger partial charge in [0.05, 0.1) is 34.6 Å². The van der Waals surface area contributed by atoms with Gasteiger partial charge >= 0.3 is 13.2 Å². The number of carbonyl (C=O) groups excluding carboxylic acids is 1. The Hall–Kier alpha value is -4.61. The fourth-order valence-electron chi connectivity index (χ4n) is 4.55. The number of ether oxygens (including phenoxy) is 1. The Bertz CT molecular complexity index is 1560. The van der Waals surface area contributed by atoms with Gasteiger partial charge in [-0.3, -0.25) is 4.79 Å². The first-order valence-electron chi connectivity index (χ1n) is 10.6. The number of halogens is 5. The summed E-state index contributed by atoms with van der Waals surface area (Å²) in [6, 6.07) is 5.25. The van der Waals surface area contributed by atoms with E-state index in [1.54, 1.807) is 13.0 Å². The Balaban J connectivity index is 1.54. The lowest BCUT2D eigenvalue weighted by Gasteiger charge is -2.23. The van der Waals surface area contributed by atoms with Gasteiger partial charge in [-0.2, -0.15) is 32.3 Å². The number of nitrogens with one attached hydrogen (secondary N) is 1. The van der Waals surface area contributed by atoms with E-state index in [2.05, 4.69) is 30.2 Å². The molecule has 4 aromatic rings. The van der Waals surface area contributed by atoms with Crippen LogP contribution in [0.25, 0.3) is 5.65 Å². The number of rotatable bonds is 6. The van der Waals surface area contributed by atoms with Crippen LogP contribution in [-0.2, 0) is 10.2 Å². The fraction of sp³-hybridized carbons (Fsp3) is 0.273. The predicted molar refractivity (Wildman–Crippen MR) is 114 cm³/mol. The molecular formula is C22H15F5N8O2. The highest BCUT2D eigenvalue weighted by molar-refractivity contribution is 5.97. The maximum absolute atomic E-state index is 14.0. The second-order valence-electron chi connectivity index (χ2n) is 8.40. The van der Waals surface area contributed by atoms with Gasteiger partial charge < -0.3 is 10.1 Å². The van der Waals surface area contributed by atoms with Crippen LogP contribution >= 0.6 is 0 Å². The average molecular weight is 518 g/mol. The van der Waals surface area contributed by atoms with Crippen molar-refractivity contribution in [2.45, 2.75) is 37.8 Å². The summed E-state index contributed by atoms with van der Waals surface area (Å²) in [7, 11) is 0. The second-order valence-corrected chi connectivity index (χ2v) is 8.40. The van der Waals surface area contributed by atoms with E-state index in [9.17, 15) is 32.0 Å². The van der Waals surface area contributed by atoms with E-state index in [-0.39, 0.29) is 29.0 Å². The maximum atomic E-state index is 14.0. The number of hydrogen-bond donors (Lipinski definition) is 1. The molecular weight excluding hydrogens is 503 g/mol. The molecule has 0 saturated carbocycles. The number of anilines is 1. The zero-order valence-corrected chi connectivity index (χ0v) is 18.7. The molecule has 0 unspecified atom stereocenters. The van der Waals surface area contributed by atoms with Crippen molar-refractivity contribution in [3.63, 3.8) is 0 Å². The molecule has 2 atom stereocenters. The van der Waals surface area contributed by atoms with E-state index in [0.29, 0.717) is 15.9 Å². The Morgan fingerprint density at radius 2 is 2.03 bits per heavy atom. The summed E-state index contributed by atoms with van der Waals surface area (Å²) < 4.78 is 71.4. The van der Waals surface area contributed by atoms with E-state index in [1.165, 1.54) is 16.8 Å². The van der Waals surface area contributed by atoms with Crippen molar-refractivity contribution in [3.8, 4) is 11.9 Å². The maximum Gasteiger partial charge on any atom is 0.388 e. The van der Waals surface area contributed by atoms with Gasteiger partial charge in [0, 0.05) is 24.0 Å². The molecule has 0 spiro atoms. The lowest BCUT2D eigenvalue weighted by atomic mass is 9.82. The third kappa shape index (κ3) is 4.09. The van der Waals surface area contributed by atoms with E-state index in [1.807, 2.05) is 0 Å². The molecule has 4 heterocycles. The quantitative estimate of drug-likeness (QED) is 0.386. The Kier molecular flexibility index (Phi) is 5.73. The lowest BCUT2D eigenvalue weighted by Crippen LogP contribution is -2.26. The number of nitriles is 1. The molecule has 0 aliphatic heterocycles. The number of fused-ring (bicyclic) bond motifs is 3. The van der Waals surface area contributed by atoms with Gasteiger partial charge in [0.1, 0.15) is 11.6 Å². The molecule has 1 amide bonds. The lowest BCUT2D eigenvalue weighted by molar-refractivity contribution is -0.117. The van der Waals surface area contributed by atoms with Crippen LogP contribution in [-0.4, -0.2) is 41.9 Å². The highest BCUT2D eigenvalue weighted by atomic mass is 19.3. The third-order valence-electron chi connectivity index (χ3n) is 6.12. The minimum absolute atomic E-state index is 0.0273. The van der Waals surface area contributed by atoms with Gasteiger partial charge in [-0.1, -0.05) is 0 Å². The molecule has 37 heavy (non-hydrogen) atoms. The summed E-state index contributed by atoms with van der Waals surface area (Å²) in [4.78, 5) is 21.2. The van der Waals surface area contributed by atoms with Crippen molar-refractivity contribution < 1.29 is 31.5 Å². The smallest absolute Gasteiger partial charge is 0.388 e. The van der Waals surface area contributed by atoms with E-state index in [4.69, 9.17) is 0 Å². The number of aromatic nitrogens is 6. The molecule has 0 radical (unpaired) electrons. The summed E-state index contributed by atoms with van der Waals surface area (Å²) >= 11 is 0. The molecule has 0 bridgehead atoms. The first-order chi connectivity index (χ1) is 17.6. The molecule has 10 nitrogen and oxygen atoms in total. The largest absolute Gasteiger partial charge is 0.415 e. The molecule has 1 aliphatic carbocycles. The van der Waals surface area contributed by atoms with Crippen LogP contribution in [0.15, 0.2) is 36.8 Å². The highest BCUT2D eigenvalue weighted by Crippen LogP contribution is 2.49. The fourth-order valence-corrected chi connectivity index (χ4v) is 4.55. The molecule has 15 heteroatoms. The van der Waals surface area contributed by atoms with Gasteiger partial charge in [0.15, 0.2) is 5.65 Å². The molecule has 4 aromatic heterocycles. The SMILES string of the molecule is C[C@]1(c2ccn(C(F)F)n2)C[C@H](C(=O)Nc2cnc(OC(F)F)c(C#N)c2)c2cnc3cc(F)nn3c21. The van der Waals surface area contributed by atoms with Crippen LogP contribution < -0.4 is 10.1 Å². The van der Waals surface area contributed by atoms with Gasteiger partial charge in [-0.05, 0) is 25.5 Å². The van der Waals surface area contributed by atoms with Gasteiger partial charge in [0.2, 0.25) is 17.7 Å². The Labute approximate surface area is 204 Å². The van der Waals surface area contributed by atoms with Crippen molar-refractivity contribution in [3.05, 3.63) is 65.3 Å². The summed E-state index contributed by atoms with van der Waals surface area (Å²) in [5, 5.41) is 19.6. The van der Waals surface area contributed by atoms with Gasteiger partial charge in [-0.15, -0.1) is 5.10 Å². The number of pyridine rings is 1. The van der Waals surface area contributed by atoms with Gasteiger partial charge in [-0.25, -0.2) is 19.2 Å². The van der Waals surface area contributed by atoms with Crippen LogP contribution in [0.1, 0.15) is 48.3 Å². The molecule has 1 aliphatic rings.